The van der Waals surface area contributed by atoms with Gasteiger partial charge < -0.3 is 25.2 Å². The third-order valence-electron chi connectivity index (χ3n) is 11.0. The van der Waals surface area contributed by atoms with E-state index in [4.69, 9.17) is 21.1 Å². The highest BCUT2D eigenvalue weighted by Crippen LogP contribution is 2.46. The van der Waals surface area contributed by atoms with E-state index in [1.807, 2.05) is 24.3 Å². The molecule has 3 amide bonds. The number of amides is 3. The number of fused-ring (bicyclic) bond motifs is 1. The number of aliphatic carboxylic acids is 1. The molecule has 0 spiro atoms. The van der Waals surface area contributed by atoms with Gasteiger partial charge in [0.1, 0.15) is 16.7 Å². The zero-order chi connectivity index (χ0) is 46.8. The second kappa shape index (κ2) is 19.2. The Morgan fingerprint density at radius 3 is 2.38 bits per heavy atom. The first-order valence-electron chi connectivity index (χ1n) is 20.9. The van der Waals surface area contributed by atoms with Crippen LogP contribution in [0.5, 0.6) is 5.75 Å². The highest BCUT2D eigenvalue weighted by Gasteiger charge is 2.33. The van der Waals surface area contributed by atoms with E-state index in [-0.39, 0.29) is 78.0 Å². The number of carboxylic acid groups (broad SMARTS) is 1. The number of rotatable bonds is 15. The molecule has 7 rings (SSSR count). The van der Waals surface area contributed by atoms with Crippen LogP contribution in [0.4, 0.5) is 11.4 Å². The van der Waals surface area contributed by atoms with E-state index in [0.29, 0.717) is 45.6 Å². The Morgan fingerprint density at radius 1 is 0.969 bits per heavy atom. The van der Waals surface area contributed by atoms with Crippen LogP contribution >= 0.6 is 22.9 Å². The van der Waals surface area contributed by atoms with Gasteiger partial charge in [0.15, 0.2) is 17.2 Å². The number of carbonyl (C=O) groups excluding carboxylic acids is 4. The van der Waals surface area contributed by atoms with Crippen LogP contribution in [-0.4, -0.2) is 88.0 Å². The van der Waals surface area contributed by atoms with E-state index in [9.17, 15) is 42.3 Å². The Morgan fingerprint density at radius 2 is 1.68 bits per heavy atom. The highest BCUT2D eigenvalue weighted by molar-refractivity contribution is 7.88. The second-order valence-electron chi connectivity index (χ2n) is 17.0. The quantitative estimate of drug-likeness (QED) is 0.0691. The maximum Gasteiger partial charge on any atom is 0.352 e. The fraction of sp³-hybridized carbons (Fsp3) is 0.378. The number of anilines is 2. The van der Waals surface area contributed by atoms with Crippen LogP contribution in [0.2, 0.25) is 5.02 Å². The maximum absolute atomic E-state index is 13.6. The van der Waals surface area contributed by atoms with Crippen LogP contribution in [0.1, 0.15) is 79.7 Å². The lowest BCUT2D eigenvalue weighted by Crippen LogP contribution is -2.44. The molecule has 0 saturated carbocycles. The summed E-state index contributed by atoms with van der Waals surface area (Å²) in [5.41, 5.74) is 2.99. The average molecular weight is 950 g/mol. The molecule has 0 bridgehead atoms. The number of aromatic nitrogens is 2. The number of carbonyl (C=O) groups is 5. The molecular weight excluding hydrogens is 900 g/mol. The van der Waals surface area contributed by atoms with E-state index in [0.717, 1.165) is 22.6 Å². The monoisotopic (exact) mass is 948 g/mol. The first-order valence-corrected chi connectivity index (χ1v) is 23.7. The molecular formula is C45H49ClN6O11S2. The third-order valence-corrected chi connectivity index (χ3v) is 14.5. The summed E-state index contributed by atoms with van der Waals surface area (Å²) in [6.07, 6.45) is 1.73. The molecule has 0 aliphatic carbocycles. The molecule has 2 aliphatic heterocycles. The van der Waals surface area contributed by atoms with Gasteiger partial charge in [-0.1, -0.05) is 48.0 Å². The number of imide groups is 1. The van der Waals surface area contributed by atoms with Gasteiger partial charge in [-0.3, -0.25) is 28.8 Å². The molecule has 4 heterocycles. The summed E-state index contributed by atoms with van der Waals surface area (Å²) in [6, 6.07) is 18.5. The Labute approximate surface area is 383 Å². The summed E-state index contributed by atoms with van der Waals surface area (Å²) in [4.78, 5) is 75.7. The fourth-order valence-corrected chi connectivity index (χ4v) is 11.0. The summed E-state index contributed by atoms with van der Waals surface area (Å²) in [7, 11) is -2.12. The van der Waals surface area contributed by atoms with Crippen LogP contribution in [-0.2, 0) is 53.2 Å². The molecule has 2 saturated heterocycles. The summed E-state index contributed by atoms with van der Waals surface area (Å²) in [5.74, 6) is -3.47. The number of imidazole rings is 1. The topological polar surface area (TPSA) is 224 Å². The number of hydrogen-bond donors (Lipinski definition) is 4. The van der Waals surface area contributed by atoms with E-state index < -0.39 is 51.8 Å². The molecule has 20 heteroatoms. The second-order valence-corrected chi connectivity index (χ2v) is 20.3. The van der Waals surface area contributed by atoms with Gasteiger partial charge in [0, 0.05) is 50.4 Å². The van der Waals surface area contributed by atoms with Crippen LogP contribution in [0.15, 0.2) is 71.5 Å². The zero-order valence-corrected chi connectivity index (χ0v) is 38.5. The lowest BCUT2D eigenvalue weighted by Gasteiger charge is -2.32. The number of ether oxygens (including phenoxy) is 2. The van der Waals surface area contributed by atoms with Gasteiger partial charge in [-0.05, 0) is 93.5 Å². The van der Waals surface area contributed by atoms with Crippen molar-refractivity contribution in [1.29, 1.82) is 0 Å². The van der Waals surface area contributed by atoms with Crippen molar-refractivity contribution < 1.29 is 47.0 Å². The molecule has 4 N–H and O–H groups in total. The van der Waals surface area contributed by atoms with Gasteiger partial charge in [-0.25, -0.2) is 27.1 Å². The minimum atomic E-state index is -3.72. The van der Waals surface area contributed by atoms with Crippen LogP contribution < -0.4 is 26.4 Å². The van der Waals surface area contributed by atoms with E-state index in [1.165, 1.54) is 13.4 Å². The van der Waals surface area contributed by atoms with Crippen molar-refractivity contribution in [2.45, 2.75) is 82.7 Å². The van der Waals surface area contributed by atoms with E-state index >= 15 is 0 Å². The highest BCUT2D eigenvalue weighted by atomic mass is 35.5. The van der Waals surface area contributed by atoms with Crippen molar-refractivity contribution in [3.8, 4) is 16.2 Å². The van der Waals surface area contributed by atoms with E-state index in [1.54, 1.807) is 70.3 Å². The fourth-order valence-electron chi connectivity index (χ4n) is 8.03. The molecule has 1 atom stereocenters. The SMILES string of the molecule is Cn1c(=O)n(C2CCC(=O)NC2=O)c2cccc(CCC(=O)Nc3cccc(CS(=O)(=O)N4CCC(Nc5cccc(-c6sc(C(=O)OC(C)(C)C)c(OCC(=O)O)c6Cl)c5)CC4)c3)c21. The lowest BCUT2D eigenvalue weighted by molar-refractivity contribution is -0.139. The molecule has 2 fully saturated rings. The van der Waals surface area contributed by atoms with Gasteiger partial charge in [0.2, 0.25) is 27.7 Å². The molecule has 344 valence electrons. The van der Waals surface area contributed by atoms with Crippen LogP contribution in [0, 0.1) is 0 Å². The summed E-state index contributed by atoms with van der Waals surface area (Å²) >= 11 is 7.73. The Balaban J connectivity index is 0.942. The van der Waals surface area contributed by atoms with Crippen molar-refractivity contribution in [1.82, 2.24) is 18.8 Å². The molecule has 2 aliphatic rings. The molecule has 17 nitrogen and oxygen atoms in total. The molecule has 65 heavy (non-hydrogen) atoms. The van der Waals surface area contributed by atoms with Gasteiger partial charge in [0.25, 0.3) is 0 Å². The number of thiophene rings is 1. The summed E-state index contributed by atoms with van der Waals surface area (Å²) in [6.45, 7) is 5.01. The number of halogens is 1. The van der Waals surface area contributed by atoms with Crippen molar-refractivity contribution in [3.05, 3.63) is 98.2 Å². The summed E-state index contributed by atoms with van der Waals surface area (Å²) in [5, 5.41) is 17.9. The number of para-hydroxylation sites is 1. The van der Waals surface area contributed by atoms with Gasteiger partial charge in [-0.2, -0.15) is 0 Å². The Hall–Kier alpha value is -6.02. The number of aryl methyl sites for hydroxylation is 2. The zero-order valence-electron chi connectivity index (χ0n) is 36.1. The number of esters is 1. The minimum Gasteiger partial charge on any atom is -0.479 e. The minimum absolute atomic E-state index is 0.0452. The Bertz CT molecular complexity index is 2860. The molecule has 0 radical (unpaired) electrons. The smallest absolute Gasteiger partial charge is 0.352 e. The molecule has 1 unspecified atom stereocenters. The number of nitrogens with zero attached hydrogens (tertiary/aromatic N) is 3. The van der Waals surface area contributed by atoms with Gasteiger partial charge >= 0.3 is 17.6 Å². The van der Waals surface area contributed by atoms with E-state index in [2.05, 4.69) is 16.0 Å². The largest absolute Gasteiger partial charge is 0.479 e. The number of nitrogens with one attached hydrogen (secondary N) is 3. The number of piperidine rings is 2. The van der Waals surface area contributed by atoms with Gasteiger partial charge in [-0.15, -0.1) is 11.3 Å². The van der Waals surface area contributed by atoms with Crippen molar-refractivity contribution >= 4 is 85.0 Å². The molecule has 3 aromatic carbocycles. The average Bonchev–Trinajstić information content (AvgIpc) is 3.70. The lowest BCUT2D eigenvalue weighted by atomic mass is 10.0. The molecule has 5 aromatic rings. The molecule has 2 aromatic heterocycles. The Kier molecular flexibility index (Phi) is 13.9. The van der Waals surface area contributed by atoms with Gasteiger partial charge in [0.05, 0.1) is 21.7 Å². The predicted molar refractivity (Wildman–Crippen MR) is 246 cm³/mol. The maximum atomic E-state index is 13.6. The standard InChI is InChI=1S/C45H49ClN6O11S2/c1-45(2,3)63-43(58)41-39(62-24-36(55)56)37(46)40(64-41)28-10-6-12-31(23-28)47-29-18-20-51(21-19-29)65(60,61)25-26-8-5-11-30(22-26)48-34(53)16-14-27-9-7-13-32-38(27)50(4)44(59)52(32)33-15-17-35(54)49-42(33)57/h5-13,22-23,29,33,47H,14-21,24-25H2,1-4H3,(H,48,53)(H,55,56)(H,49,54,57). The summed E-state index contributed by atoms with van der Waals surface area (Å²) < 4.78 is 42.6. The van der Waals surface area contributed by atoms with Crippen molar-refractivity contribution in [3.63, 3.8) is 0 Å². The number of hydrogen-bond acceptors (Lipinski definition) is 12. The van der Waals surface area contributed by atoms with Crippen molar-refractivity contribution in [2.75, 3.05) is 30.3 Å². The predicted octanol–water partition coefficient (Wildman–Crippen LogP) is 6.10. The van der Waals surface area contributed by atoms with Crippen LogP contribution in [0.25, 0.3) is 21.5 Å². The first kappa shape index (κ1) is 47.0. The third kappa shape index (κ3) is 10.9. The van der Waals surface area contributed by atoms with Crippen molar-refractivity contribution in [2.24, 2.45) is 7.05 Å². The number of carboxylic acids is 1. The number of benzene rings is 3. The van der Waals surface area contributed by atoms with Crippen LogP contribution in [0.3, 0.4) is 0 Å². The normalized spacial score (nSPS) is 16.3. The first-order chi connectivity index (χ1) is 30.8. The number of sulfonamides is 1.